The number of fused-ring (bicyclic) bond motifs is 1. The number of carboxylic acid groups (broad SMARTS) is 1. The number of nitrogens with two attached hydrogens (primary N) is 1. The largest absolute Gasteiger partial charge is 0.481 e. The summed E-state index contributed by atoms with van der Waals surface area (Å²) in [5.74, 6) is -0.224. The second kappa shape index (κ2) is 9.52. The molecule has 22 heavy (non-hydrogen) atoms. The van der Waals surface area contributed by atoms with E-state index in [0.717, 1.165) is 25.0 Å². The van der Waals surface area contributed by atoms with Crippen molar-refractivity contribution >= 4 is 29.7 Å². The molecule has 0 unspecified atom stereocenters. The monoisotopic (exact) mass is 333 g/mol. The SMILES string of the molecule is NC(=O)CCO.O=C(O)CCCC[C@@H]1SC[C@@H]2NC(=O)N[C@@H]21. The van der Waals surface area contributed by atoms with E-state index in [-0.39, 0.29) is 37.6 Å². The molecule has 2 aliphatic heterocycles. The summed E-state index contributed by atoms with van der Waals surface area (Å²) in [5.41, 5.74) is 4.60. The summed E-state index contributed by atoms with van der Waals surface area (Å²) in [5, 5.41) is 22.7. The third-order valence-corrected chi connectivity index (χ3v) is 4.93. The van der Waals surface area contributed by atoms with Crippen LogP contribution in [0.1, 0.15) is 32.1 Å². The topological polar surface area (TPSA) is 142 Å². The maximum atomic E-state index is 11.1. The third-order valence-electron chi connectivity index (χ3n) is 3.43. The van der Waals surface area contributed by atoms with E-state index < -0.39 is 11.9 Å². The predicted octanol–water partition coefficient (Wildman–Crippen LogP) is -0.349. The molecule has 8 nitrogen and oxygen atoms in total. The van der Waals surface area contributed by atoms with Gasteiger partial charge in [-0.2, -0.15) is 11.8 Å². The number of nitrogens with one attached hydrogen (secondary N) is 2. The molecule has 0 aromatic carbocycles. The maximum Gasteiger partial charge on any atom is 0.315 e. The van der Waals surface area contributed by atoms with Gasteiger partial charge in [0.15, 0.2) is 0 Å². The van der Waals surface area contributed by atoms with Crippen molar-refractivity contribution in [3.05, 3.63) is 0 Å². The number of unbranched alkanes of at least 4 members (excludes halogenated alkanes) is 1. The highest BCUT2D eigenvalue weighted by atomic mass is 32.2. The second-order valence-electron chi connectivity index (χ2n) is 5.20. The molecule has 2 fully saturated rings. The summed E-state index contributed by atoms with van der Waals surface area (Å²) in [4.78, 5) is 31.1. The van der Waals surface area contributed by atoms with E-state index in [2.05, 4.69) is 16.4 Å². The Hall–Kier alpha value is -1.48. The number of rotatable bonds is 7. The molecule has 0 saturated carbocycles. The molecular weight excluding hydrogens is 310 g/mol. The zero-order chi connectivity index (χ0) is 16.5. The number of aliphatic hydroxyl groups is 1. The Balaban J connectivity index is 0.000000346. The first kappa shape index (κ1) is 18.6. The summed E-state index contributed by atoms with van der Waals surface area (Å²) >= 11 is 1.87. The third kappa shape index (κ3) is 6.52. The first-order valence-corrected chi connectivity index (χ1v) is 8.28. The van der Waals surface area contributed by atoms with E-state index in [1.807, 2.05) is 11.8 Å². The van der Waals surface area contributed by atoms with Crippen LogP contribution < -0.4 is 16.4 Å². The molecule has 0 aliphatic carbocycles. The van der Waals surface area contributed by atoms with Crippen LogP contribution in [0.3, 0.4) is 0 Å². The maximum absolute atomic E-state index is 11.1. The van der Waals surface area contributed by atoms with E-state index in [1.54, 1.807) is 0 Å². The van der Waals surface area contributed by atoms with Crippen LogP contribution in [-0.4, -0.2) is 57.8 Å². The van der Waals surface area contributed by atoms with Crippen molar-refractivity contribution in [1.82, 2.24) is 10.6 Å². The van der Waals surface area contributed by atoms with Crippen LogP contribution in [0.5, 0.6) is 0 Å². The van der Waals surface area contributed by atoms with E-state index in [9.17, 15) is 14.4 Å². The minimum atomic E-state index is -0.729. The van der Waals surface area contributed by atoms with Gasteiger partial charge in [0.1, 0.15) is 0 Å². The Morgan fingerprint density at radius 1 is 1.27 bits per heavy atom. The molecule has 3 amide bonds. The predicted molar refractivity (Wildman–Crippen MR) is 82.5 cm³/mol. The van der Waals surface area contributed by atoms with Crippen molar-refractivity contribution in [3.63, 3.8) is 0 Å². The van der Waals surface area contributed by atoms with Gasteiger partial charge in [-0.05, 0) is 12.8 Å². The Morgan fingerprint density at radius 2 is 2.00 bits per heavy atom. The van der Waals surface area contributed by atoms with Crippen molar-refractivity contribution in [2.24, 2.45) is 5.73 Å². The summed E-state index contributed by atoms with van der Waals surface area (Å²) in [6.45, 7) is -0.144. The first-order valence-electron chi connectivity index (χ1n) is 7.23. The molecule has 0 spiro atoms. The lowest BCUT2D eigenvalue weighted by molar-refractivity contribution is -0.137. The van der Waals surface area contributed by atoms with Gasteiger partial charge in [-0.3, -0.25) is 9.59 Å². The number of carbonyl (C=O) groups is 3. The van der Waals surface area contributed by atoms with Crippen LogP contribution in [0.4, 0.5) is 4.79 Å². The van der Waals surface area contributed by atoms with E-state index in [1.165, 1.54) is 0 Å². The van der Waals surface area contributed by atoms with E-state index >= 15 is 0 Å². The highest BCUT2D eigenvalue weighted by Gasteiger charge is 2.42. The van der Waals surface area contributed by atoms with Gasteiger partial charge in [0.25, 0.3) is 0 Å². The molecule has 2 rings (SSSR count). The van der Waals surface area contributed by atoms with Gasteiger partial charge in [0.05, 0.1) is 18.7 Å². The highest BCUT2D eigenvalue weighted by Crippen LogP contribution is 2.33. The lowest BCUT2D eigenvalue weighted by Gasteiger charge is -2.16. The van der Waals surface area contributed by atoms with Crippen LogP contribution in [0, 0.1) is 0 Å². The van der Waals surface area contributed by atoms with Gasteiger partial charge in [-0.25, -0.2) is 4.79 Å². The Kier molecular flexibility index (Phi) is 8.03. The lowest BCUT2D eigenvalue weighted by atomic mass is 10.0. The number of carbonyl (C=O) groups excluding carboxylic acids is 2. The fourth-order valence-electron chi connectivity index (χ4n) is 2.37. The molecule has 2 heterocycles. The number of hydrogen-bond donors (Lipinski definition) is 5. The molecule has 3 atom stereocenters. The molecule has 0 aromatic rings. The Morgan fingerprint density at radius 3 is 2.55 bits per heavy atom. The highest BCUT2D eigenvalue weighted by molar-refractivity contribution is 8.00. The van der Waals surface area contributed by atoms with Gasteiger partial charge in [-0.15, -0.1) is 0 Å². The summed E-state index contributed by atoms with van der Waals surface area (Å²) < 4.78 is 0. The summed E-state index contributed by atoms with van der Waals surface area (Å²) in [7, 11) is 0. The minimum Gasteiger partial charge on any atom is -0.481 e. The molecule has 2 saturated heterocycles. The quantitative estimate of drug-likeness (QED) is 0.318. The van der Waals surface area contributed by atoms with Gasteiger partial charge < -0.3 is 26.6 Å². The normalized spacial score (nSPS) is 25.5. The molecule has 0 radical (unpaired) electrons. The number of carboxylic acids is 1. The zero-order valence-electron chi connectivity index (χ0n) is 12.3. The van der Waals surface area contributed by atoms with Crippen LogP contribution in [0.25, 0.3) is 0 Å². The van der Waals surface area contributed by atoms with Crippen LogP contribution >= 0.6 is 11.8 Å². The standard InChI is InChI=1S/C10H16N2O3S.C3H7NO2/c13-8(14)4-2-1-3-7-9-6(5-16-7)11-10(15)12-9;4-3(6)1-2-5/h6-7,9H,1-5H2,(H,13,14)(H2,11,12,15);5H,1-2H2,(H2,4,6)/t6-,7-,9-;/m0./s1. The van der Waals surface area contributed by atoms with Crippen molar-refractivity contribution in [2.45, 2.75) is 49.4 Å². The number of primary amides is 1. The van der Waals surface area contributed by atoms with Crippen LogP contribution in [0.2, 0.25) is 0 Å². The van der Waals surface area contributed by atoms with E-state index in [4.69, 9.17) is 10.2 Å². The minimum absolute atomic E-state index is 0.0640. The zero-order valence-corrected chi connectivity index (χ0v) is 13.1. The van der Waals surface area contributed by atoms with Gasteiger partial charge >= 0.3 is 12.0 Å². The number of thioether (sulfide) groups is 1. The number of urea groups is 1. The number of aliphatic carboxylic acids is 1. The molecular formula is C13H23N3O5S. The van der Waals surface area contributed by atoms with Crippen LogP contribution in [-0.2, 0) is 9.59 Å². The molecule has 2 aliphatic rings. The van der Waals surface area contributed by atoms with Crippen molar-refractivity contribution in [3.8, 4) is 0 Å². The molecule has 126 valence electrons. The Bertz CT molecular complexity index is 407. The van der Waals surface area contributed by atoms with Crippen molar-refractivity contribution < 1.29 is 24.6 Å². The van der Waals surface area contributed by atoms with E-state index in [0.29, 0.717) is 5.25 Å². The second-order valence-corrected chi connectivity index (χ2v) is 6.47. The molecule has 6 N–H and O–H groups in total. The molecule has 9 heteroatoms. The average Bonchev–Trinajstić information content (AvgIpc) is 2.95. The van der Waals surface area contributed by atoms with Gasteiger partial charge in [0, 0.05) is 23.8 Å². The Labute approximate surface area is 133 Å². The number of hydrogen-bond acceptors (Lipinski definition) is 5. The summed E-state index contributed by atoms with van der Waals surface area (Å²) in [6, 6.07) is 0.440. The fraction of sp³-hybridized carbons (Fsp3) is 0.769. The fourth-order valence-corrected chi connectivity index (χ4v) is 3.92. The van der Waals surface area contributed by atoms with Crippen molar-refractivity contribution in [1.29, 1.82) is 0 Å². The summed E-state index contributed by atoms with van der Waals surface area (Å²) in [6.07, 6.45) is 2.95. The number of aliphatic hydroxyl groups excluding tert-OH is 1. The van der Waals surface area contributed by atoms with Gasteiger partial charge in [0.2, 0.25) is 5.91 Å². The van der Waals surface area contributed by atoms with Crippen LogP contribution in [0.15, 0.2) is 0 Å². The lowest BCUT2D eigenvalue weighted by Crippen LogP contribution is -2.36. The molecule has 0 aromatic heterocycles. The average molecular weight is 333 g/mol. The smallest absolute Gasteiger partial charge is 0.315 e. The molecule has 0 bridgehead atoms. The van der Waals surface area contributed by atoms with Crippen molar-refractivity contribution in [2.75, 3.05) is 12.4 Å². The first-order chi connectivity index (χ1) is 10.4. The van der Waals surface area contributed by atoms with Gasteiger partial charge in [-0.1, -0.05) is 6.42 Å². The number of amides is 3.